The van der Waals surface area contributed by atoms with E-state index in [9.17, 15) is 9.59 Å². The highest BCUT2D eigenvalue weighted by Gasteiger charge is 2.28. The van der Waals surface area contributed by atoms with Crippen molar-refractivity contribution >= 4 is 34.0 Å². The third kappa shape index (κ3) is 4.14. The lowest BCUT2D eigenvalue weighted by atomic mass is 9.97. The van der Waals surface area contributed by atoms with E-state index in [1.807, 2.05) is 48.7 Å². The number of carbonyl (C=O) groups excluding carboxylic acids is 2. The molecule has 1 aromatic carbocycles. The summed E-state index contributed by atoms with van der Waals surface area (Å²) >= 11 is 1.49. The fourth-order valence-corrected chi connectivity index (χ4v) is 3.48. The number of rotatable bonds is 3. The van der Waals surface area contributed by atoms with Gasteiger partial charge in [0.05, 0.1) is 10.9 Å². The largest absolute Gasteiger partial charge is 0.326 e. The summed E-state index contributed by atoms with van der Waals surface area (Å²) in [7, 11) is 0. The Hall–Kier alpha value is -2.34. The van der Waals surface area contributed by atoms with Crippen molar-refractivity contribution < 1.29 is 9.59 Å². The van der Waals surface area contributed by atoms with Crippen molar-refractivity contribution in [2.75, 3.05) is 23.7 Å². The maximum atomic E-state index is 12.5. The first-order chi connectivity index (χ1) is 11.6. The molecule has 1 aliphatic rings. The summed E-state index contributed by atoms with van der Waals surface area (Å²) in [6.07, 6.45) is 1.64. The summed E-state index contributed by atoms with van der Waals surface area (Å²) < 4.78 is 0. The average molecular weight is 343 g/mol. The van der Waals surface area contributed by atoms with Gasteiger partial charge < -0.3 is 10.2 Å². The van der Waals surface area contributed by atoms with Gasteiger partial charge in [0.15, 0.2) is 0 Å². The van der Waals surface area contributed by atoms with Crippen molar-refractivity contribution in [3.05, 3.63) is 47.3 Å². The SMILES string of the molecule is Cc1cccc(NC(=O)C2CCCN(C(=O)Nc3cccs3)C2)c1. The molecule has 1 unspecified atom stereocenters. The minimum atomic E-state index is -0.173. The third-order valence-corrected chi connectivity index (χ3v) is 4.90. The molecule has 126 valence electrons. The maximum Gasteiger partial charge on any atom is 0.322 e. The van der Waals surface area contributed by atoms with Crippen LogP contribution in [0.4, 0.5) is 15.5 Å². The van der Waals surface area contributed by atoms with Crippen LogP contribution in [0.25, 0.3) is 0 Å². The second-order valence-electron chi connectivity index (χ2n) is 6.05. The minimum absolute atomic E-state index is 0.0192. The highest BCUT2D eigenvalue weighted by molar-refractivity contribution is 7.14. The Morgan fingerprint density at radius 3 is 2.83 bits per heavy atom. The normalized spacial score (nSPS) is 17.4. The molecule has 3 rings (SSSR count). The lowest BCUT2D eigenvalue weighted by molar-refractivity contribution is -0.121. The number of likely N-dealkylation sites (tertiary alicyclic amines) is 1. The van der Waals surface area contributed by atoms with Gasteiger partial charge in [-0.05, 0) is 55.0 Å². The van der Waals surface area contributed by atoms with E-state index in [0.717, 1.165) is 29.1 Å². The Morgan fingerprint density at radius 2 is 2.08 bits per heavy atom. The lowest BCUT2D eigenvalue weighted by Crippen LogP contribution is -2.45. The van der Waals surface area contributed by atoms with Crippen LogP contribution >= 0.6 is 11.3 Å². The van der Waals surface area contributed by atoms with E-state index in [1.54, 1.807) is 4.90 Å². The maximum absolute atomic E-state index is 12.5. The predicted molar refractivity (Wildman–Crippen MR) is 97.4 cm³/mol. The highest BCUT2D eigenvalue weighted by Crippen LogP contribution is 2.21. The Labute approximate surface area is 145 Å². The molecule has 5 nitrogen and oxygen atoms in total. The number of thiophene rings is 1. The Morgan fingerprint density at radius 1 is 1.21 bits per heavy atom. The van der Waals surface area contributed by atoms with Crippen molar-refractivity contribution in [3.63, 3.8) is 0 Å². The summed E-state index contributed by atoms with van der Waals surface area (Å²) in [6, 6.07) is 11.4. The molecular weight excluding hydrogens is 322 g/mol. The Kier molecular flexibility index (Phi) is 5.15. The van der Waals surface area contributed by atoms with Crippen LogP contribution in [0.1, 0.15) is 18.4 Å². The van der Waals surface area contributed by atoms with Crippen molar-refractivity contribution in [2.45, 2.75) is 19.8 Å². The number of carbonyl (C=O) groups is 2. The molecule has 3 amide bonds. The number of piperidine rings is 1. The van der Waals surface area contributed by atoms with Crippen LogP contribution in [-0.2, 0) is 4.79 Å². The fraction of sp³-hybridized carbons (Fsp3) is 0.333. The van der Waals surface area contributed by atoms with Gasteiger partial charge in [0.25, 0.3) is 0 Å². The number of amides is 3. The quantitative estimate of drug-likeness (QED) is 0.887. The van der Waals surface area contributed by atoms with Crippen LogP contribution in [0.2, 0.25) is 0 Å². The van der Waals surface area contributed by atoms with Crippen molar-refractivity contribution in [1.29, 1.82) is 0 Å². The Bertz CT molecular complexity index is 715. The number of nitrogens with zero attached hydrogens (tertiary/aromatic N) is 1. The van der Waals surface area contributed by atoms with Crippen molar-refractivity contribution in [3.8, 4) is 0 Å². The van der Waals surface area contributed by atoms with Gasteiger partial charge in [0.1, 0.15) is 0 Å². The molecule has 6 heteroatoms. The lowest BCUT2D eigenvalue weighted by Gasteiger charge is -2.31. The zero-order valence-electron chi connectivity index (χ0n) is 13.6. The number of aryl methyl sites for hydroxylation is 1. The molecule has 1 atom stereocenters. The van der Waals surface area contributed by atoms with Crippen molar-refractivity contribution in [1.82, 2.24) is 4.90 Å². The molecule has 0 radical (unpaired) electrons. The van der Waals surface area contributed by atoms with Crippen molar-refractivity contribution in [2.24, 2.45) is 5.92 Å². The average Bonchev–Trinajstić information content (AvgIpc) is 3.08. The molecule has 1 saturated heterocycles. The van der Waals surface area contributed by atoms with E-state index in [2.05, 4.69) is 10.6 Å². The van der Waals surface area contributed by atoms with Gasteiger partial charge in [-0.1, -0.05) is 12.1 Å². The van der Waals surface area contributed by atoms with Crippen LogP contribution in [0.3, 0.4) is 0 Å². The smallest absolute Gasteiger partial charge is 0.322 e. The van der Waals surface area contributed by atoms with Gasteiger partial charge in [-0.2, -0.15) is 0 Å². The zero-order valence-corrected chi connectivity index (χ0v) is 14.4. The second kappa shape index (κ2) is 7.49. The number of anilines is 2. The van der Waals surface area contributed by atoms with Gasteiger partial charge in [-0.25, -0.2) is 4.79 Å². The minimum Gasteiger partial charge on any atom is -0.326 e. The molecule has 1 aliphatic heterocycles. The van der Waals surface area contributed by atoms with E-state index < -0.39 is 0 Å². The monoisotopic (exact) mass is 343 g/mol. The first kappa shape index (κ1) is 16.5. The standard InChI is InChI=1S/C18H21N3O2S/c1-13-5-2-7-15(11-13)19-17(22)14-6-3-9-21(12-14)18(23)20-16-8-4-10-24-16/h2,4-5,7-8,10-11,14H,3,6,9,12H2,1H3,(H,19,22)(H,20,23). The molecule has 2 aromatic rings. The van der Waals surface area contributed by atoms with Crippen LogP contribution in [0.15, 0.2) is 41.8 Å². The highest BCUT2D eigenvalue weighted by atomic mass is 32.1. The summed E-state index contributed by atoms with van der Waals surface area (Å²) in [5.74, 6) is -0.192. The summed E-state index contributed by atoms with van der Waals surface area (Å²) in [4.78, 5) is 26.5. The van der Waals surface area contributed by atoms with E-state index in [0.29, 0.717) is 13.1 Å². The molecule has 0 spiro atoms. The van der Waals surface area contributed by atoms with Gasteiger partial charge in [-0.3, -0.25) is 10.1 Å². The number of nitrogens with one attached hydrogen (secondary N) is 2. The third-order valence-electron chi connectivity index (χ3n) is 4.12. The fourth-order valence-electron chi connectivity index (χ4n) is 2.88. The number of benzene rings is 1. The number of hydrogen-bond acceptors (Lipinski definition) is 3. The Balaban J connectivity index is 1.58. The van der Waals surface area contributed by atoms with E-state index in [1.165, 1.54) is 11.3 Å². The summed E-state index contributed by atoms with van der Waals surface area (Å²) in [5, 5.41) is 8.59. The molecule has 1 aromatic heterocycles. The topological polar surface area (TPSA) is 61.4 Å². The van der Waals surface area contributed by atoms with Gasteiger partial charge in [-0.15, -0.1) is 11.3 Å². The van der Waals surface area contributed by atoms with Gasteiger partial charge in [0, 0.05) is 18.8 Å². The first-order valence-electron chi connectivity index (χ1n) is 8.09. The zero-order chi connectivity index (χ0) is 16.9. The molecule has 2 N–H and O–H groups in total. The van der Waals surface area contributed by atoms with Gasteiger partial charge >= 0.3 is 6.03 Å². The molecular formula is C18H21N3O2S. The van der Waals surface area contributed by atoms with E-state index in [-0.39, 0.29) is 17.9 Å². The molecule has 24 heavy (non-hydrogen) atoms. The van der Waals surface area contributed by atoms with Crippen LogP contribution in [-0.4, -0.2) is 29.9 Å². The van der Waals surface area contributed by atoms with Gasteiger partial charge in [0.2, 0.25) is 5.91 Å². The number of hydrogen-bond donors (Lipinski definition) is 2. The van der Waals surface area contributed by atoms with Crippen LogP contribution in [0, 0.1) is 12.8 Å². The predicted octanol–water partition coefficient (Wildman–Crippen LogP) is 3.94. The molecule has 0 bridgehead atoms. The molecule has 0 saturated carbocycles. The second-order valence-corrected chi connectivity index (χ2v) is 7.00. The van der Waals surface area contributed by atoms with E-state index >= 15 is 0 Å². The molecule has 0 aliphatic carbocycles. The first-order valence-corrected chi connectivity index (χ1v) is 8.97. The van der Waals surface area contributed by atoms with E-state index in [4.69, 9.17) is 0 Å². The molecule has 2 heterocycles. The summed E-state index contributed by atoms with van der Waals surface area (Å²) in [6.45, 7) is 3.13. The summed E-state index contributed by atoms with van der Waals surface area (Å²) in [5.41, 5.74) is 1.91. The number of urea groups is 1. The van der Waals surface area contributed by atoms with Crippen LogP contribution in [0.5, 0.6) is 0 Å². The molecule has 1 fully saturated rings. The van der Waals surface area contributed by atoms with Crippen LogP contribution < -0.4 is 10.6 Å².